The number of fused-ring (bicyclic) bond motifs is 2. The van der Waals surface area contributed by atoms with Crippen LogP contribution < -0.4 is 0 Å². The molecule has 3 rings (SSSR count). The normalized spacial score (nSPS) is 15.8. The van der Waals surface area contributed by atoms with E-state index in [4.69, 9.17) is 0 Å². The zero-order valence-electron chi connectivity index (χ0n) is 8.32. The van der Waals surface area contributed by atoms with Gasteiger partial charge in [-0.15, -0.1) is 0 Å². The van der Waals surface area contributed by atoms with Crippen LogP contribution in [0.25, 0.3) is 11.0 Å². The maximum Gasteiger partial charge on any atom is 0.157 e. The summed E-state index contributed by atoms with van der Waals surface area (Å²) in [5, 5.41) is 5.40. The van der Waals surface area contributed by atoms with Crippen LogP contribution in [0.5, 0.6) is 0 Å². The number of nitrogens with zero attached hydrogens (tertiary/aromatic N) is 3. The molecule has 0 saturated carbocycles. The predicted molar refractivity (Wildman–Crippen MR) is 55.2 cm³/mol. The van der Waals surface area contributed by atoms with Crippen LogP contribution in [0.2, 0.25) is 0 Å². The van der Waals surface area contributed by atoms with Gasteiger partial charge >= 0.3 is 0 Å². The SMILES string of the molecule is Cn1ncc2cc3c(nc21)CCCC3. The molecule has 2 aromatic heterocycles. The Kier molecular flexibility index (Phi) is 1.60. The highest BCUT2D eigenvalue weighted by atomic mass is 15.3. The summed E-state index contributed by atoms with van der Waals surface area (Å²) >= 11 is 0. The maximum absolute atomic E-state index is 4.68. The van der Waals surface area contributed by atoms with Gasteiger partial charge in [0, 0.05) is 18.1 Å². The average molecular weight is 187 g/mol. The van der Waals surface area contributed by atoms with E-state index in [2.05, 4.69) is 16.1 Å². The first-order valence-electron chi connectivity index (χ1n) is 5.15. The Balaban J connectivity index is 2.29. The van der Waals surface area contributed by atoms with Crippen LogP contribution in [0.15, 0.2) is 12.3 Å². The van der Waals surface area contributed by atoms with Gasteiger partial charge in [-0.1, -0.05) is 0 Å². The molecule has 1 aliphatic carbocycles. The van der Waals surface area contributed by atoms with Crippen LogP contribution in [0.4, 0.5) is 0 Å². The second-order valence-electron chi connectivity index (χ2n) is 3.98. The van der Waals surface area contributed by atoms with Gasteiger partial charge in [0.2, 0.25) is 0 Å². The summed E-state index contributed by atoms with van der Waals surface area (Å²) in [4.78, 5) is 4.68. The molecule has 1 aliphatic rings. The highest BCUT2D eigenvalue weighted by Crippen LogP contribution is 2.23. The lowest BCUT2D eigenvalue weighted by Gasteiger charge is -2.14. The van der Waals surface area contributed by atoms with Gasteiger partial charge in [-0.05, 0) is 37.3 Å². The molecule has 14 heavy (non-hydrogen) atoms. The molecular formula is C11H13N3. The molecule has 0 saturated heterocycles. The lowest BCUT2D eigenvalue weighted by Crippen LogP contribution is -2.06. The molecule has 0 radical (unpaired) electrons. The third-order valence-electron chi connectivity index (χ3n) is 2.99. The highest BCUT2D eigenvalue weighted by Gasteiger charge is 2.12. The van der Waals surface area contributed by atoms with Crippen molar-refractivity contribution in [1.29, 1.82) is 0 Å². The van der Waals surface area contributed by atoms with Crippen LogP contribution in [0.1, 0.15) is 24.1 Å². The molecule has 0 unspecified atom stereocenters. The van der Waals surface area contributed by atoms with E-state index in [0.717, 1.165) is 12.1 Å². The molecule has 0 N–H and O–H groups in total. The van der Waals surface area contributed by atoms with Crippen molar-refractivity contribution < 1.29 is 0 Å². The lowest BCUT2D eigenvalue weighted by molar-refractivity contribution is 0.668. The van der Waals surface area contributed by atoms with Crippen LogP contribution >= 0.6 is 0 Å². The van der Waals surface area contributed by atoms with Crippen LogP contribution in [0, 0.1) is 0 Å². The van der Waals surface area contributed by atoms with Crippen LogP contribution in [-0.2, 0) is 19.9 Å². The van der Waals surface area contributed by atoms with E-state index >= 15 is 0 Å². The topological polar surface area (TPSA) is 30.7 Å². The number of pyridine rings is 1. The number of hydrogen-bond donors (Lipinski definition) is 0. The molecule has 0 fully saturated rings. The fraction of sp³-hybridized carbons (Fsp3) is 0.455. The Bertz CT molecular complexity index is 484. The summed E-state index contributed by atoms with van der Waals surface area (Å²) in [5.74, 6) is 0. The molecule has 2 heterocycles. The molecule has 0 bridgehead atoms. The van der Waals surface area contributed by atoms with Gasteiger partial charge in [0.1, 0.15) is 0 Å². The van der Waals surface area contributed by atoms with Crippen molar-refractivity contribution >= 4 is 11.0 Å². The summed E-state index contributed by atoms with van der Waals surface area (Å²) in [7, 11) is 1.95. The molecule has 0 amide bonds. The monoisotopic (exact) mass is 187 g/mol. The van der Waals surface area contributed by atoms with Gasteiger partial charge in [0.05, 0.1) is 6.20 Å². The van der Waals surface area contributed by atoms with Crippen molar-refractivity contribution in [2.24, 2.45) is 7.05 Å². The van der Waals surface area contributed by atoms with E-state index in [1.54, 1.807) is 0 Å². The summed E-state index contributed by atoms with van der Waals surface area (Å²) in [6.45, 7) is 0. The summed E-state index contributed by atoms with van der Waals surface area (Å²) in [5.41, 5.74) is 3.73. The third kappa shape index (κ3) is 1.05. The van der Waals surface area contributed by atoms with E-state index in [-0.39, 0.29) is 0 Å². The van der Waals surface area contributed by atoms with Crippen molar-refractivity contribution in [3.8, 4) is 0 Å². The molecule has 0 atom stereocenters. The Hall–Kier alpha value is -1.38. The zero-order chi connectivity index (χ0) is 9.54. The van der Waals surface area contributed by atoms with Crippen molar-refractivity contribution in [2.45, 2.75) is 25.7 Å². The van der Waals surface area contributed by atoms with Gasteiger partial charge in [-0.2, -0.15) is 5.10 Å². The first-order chi connectivity index (χ1) is 6.84. The smallest absolute Gasteiger partial charge is 0.157 e. The number of rotatable bonds is 0. The summed E-state index contributed by atoms with van der Waals surface area (Å²) < 4.78 is 1.85. The van der Waals surface area contributed by atoms with Gasteiger partial charge < -0.3 is 0 Å². The minimum atomic E-state index is 1.02. The molecule has 0 spiro atoms. The van der Waals surface area contributed by atoms with Crippen molar-refractivity contribution in [3.05, 3.63) is 23.5 Å². The molecule has 3 heteroatoms. The lowest BCUT2D eigenvalue weighted by atomic mass is 9.96. The Morgan fingerprint density at radius 3 is 3.07 bits per heavy atom. The largest absolute Gasteiger partial charge is 0.250 e. The fourth-order valence-electron chi connectivity index (χ4n) is 2.20. The molecular weight excluding hydrogens is 174 g/mol. The third-order valence-corrected chi connectivity index (χ3v) is 2.99. The van der Waals surface area contributed by atoms with Gasteiger partial charge in [-0.25, -0.2) is 4.98 Å². The second kappa shape index (κ2) is 2.80. The van der Waals surface area contributed by atoms with E-state index < -0.39 is 0 Å². The maximum atomic E-state index is 4.68. The highest BCUT2D eigenvalue weighted by molar-refractivity contribution is 5.75. The molecule has 0 aliphatic heterocycles. The van der Waals surface area contributed by atoms with E-state index in [9.17, 15) is 0 Å². The zero-order valence-corrected chi connectivity index (χ0v) is 8.32. The summed E-state index contributed by atoms with van der Waals surface area (Å²) in [6, 6.07) is 2.25. The first kappa shape index (κ1) is 7.97. The molecule has 2 aromatic rings. The minimum absolute atomic E-state index is 1.02. The number of hydrogen-bond acceptors (Lipinski definition) is 2. The van der Waals surface area contributed by atoms with Crippen LogP contribution in [-0.4, -0.2) is 14.8 Å². The van der Waals surface area contributed by atoms with E-state index in [1.807, 2.05) is 17.9 Å². The van der Waals surface area contributed by atoms with Gasteiger partial charge in [0.25, 0.3) is 0 Å². The van der Waals surface area contributed by atoms with Crippen molar-refractivity contribution in [3.63, 3.8) is 0 Å². The molecule has 72 valence electrons. The van der Waals surface area contributed by atoms with Crippen LogP contribution in [0.3, 0.4) is 0 Å². The average Bonchev–Trinajstić information content (AvgIpc) is 2.57. The fourth-order valence-corrected chi connectivity index (χ4v) is 2.20. The van der Waals surface area contributed by atoms with Gasteiger partial charge in [0.15, 0.2) is 5.65 Å². The molecule has 0 aromatic carbocycles. The van der Waals surface area contributed by atoms with E-state index in [1.165, 1.54) is 35.9 Å². The van der Waals surface area contributed by atoms with Crippen molar-refractivity contribution in [1.82, 2.24) is 14.8 Å². The Morgan fingerprint density at radius 2 is 2.14 bits per heavy atom. The number of aromatic nitrogens is 3. The quantitative estimate of drug-likeness (QED) is 0.630. The Morgan fingerprint density at radius 1 is 1.29 bits per heavy atom. The molecule has 3 nitrogen and oxygen atoms in total. The van der Waals surface area contributed by atoms with Crippen molar-refractivity contribution in [2.75, 3.05) is 0 Å². The standard InChI is InChI=1S/C11H13N3/c1-14-11-9(7-12-14)6-8-4-2-3-5-10(8)13-11/h6-7H,2-5H2,1H3. The second-order valence-corrected chi connectivity index (χ2v) is 3.98. The number of aryl methyl sites for hydroxylation is 3. The Labute approximate surface area is 82.8 Å². The first-order valence-corrected chi connectivity index (χ1v) is 5.15. The van der Waals surface area contributed by atoms with E-state index in [0.29, 0.717) is 0 Å². The predicted octanol–water partition coefficient (Wildman–Crippen LogP) is 1.85. The van der Waals surface area contributed by atoms with Gasteiger partial charge in [-0.3, -0.25) is 4.68 Å². The summed E-state index contributed by atoms with van der Waals surface area (Å²) in [6.07, 6.45) is 6.81. The minimum Gasteiger partial charge on any atom is -0.250 e.